The molecule has 1 atom stereocenters. The van der Waals surface area contributed by atoms with E-state index in [1.54, 1.807) is 11.8 Å². The molecule has 7 heteroatoms. The second kappa shape index (κ2) is 13.1. The first-order chi connectivity index (χ1) is 17.6. The maximum Gasteiger partial charge on any atom is 0.246 e. The lowest BCUT2D eigenvalue weighted by Gasteiger charge is -2.36. The number of rotatable bonds is 10. The highest BCUT2D eigenvalue weighted by Crippen LogP contribution is 2.23. The molecule has 1 N–H and O–H groups in total. The number of benzene rings is 3. The van der Waals surface area contributed by atoms with Gasteiger partial charge in [-0.2, -0.15) is 0 Å². The van der Waals surface area contributed by atoms with Crippen LogP contribution < -0.4 is 10.1 Å². The topological polar surface area (TPSA) is 61.9 Å². The zero-order chi connectivity index (χ0) is 25.2. The van der Waals surface area contributed by atoms with E-state index in [4.69, 9.17) is 4.74 Å². The van der Waals surface area contributed by atoms with Crippen molar-refractivity contribution >= 4 is 23.6 Å². The summed E-state index contributed by atoms with van der Waals surface area (Å²) in [5, 5.41) is 2.86. The number of piperazine rings is 1. The van der Waals surface area contributed by atoms with Crippen molar-refractivity contribution < 1.29 is 14.3 Å². The van der Waals surface area contributed by atoms with E-state index in [2.05, 4.69) is 34.5 Å². The van der Waals surface area contributed by atoms with Crippen molar-refractivity contribution in [1.82, 2.24) is 15.1 Å². The van der Waals surface area contributed by atoms with Crippen molar-refractivity contribution in [2.45, 2.75) is 31.0 Å². The highest BCUT2D eigenvalue weighted by molar-refractivity contribution is 7.99. The molecule has 0 aliphatic carbocycles. The van der Waals surface area contributed by atoms with Gasteiger partial charge in [-0.1, -0.05) is 60.7 Å². The van der Waals surface area contributed by atoms with E-state index in [-0.39, 0.29) is 11.8 Å². The lowest BCUT2D eigenvalue weighted by atomic mass is 10.2. The van der Waals surface area contributed by atoms with Crippen LogP contribution in [0.4, 0.5) is 0 Å². The minimum atomic E-state index is -0.554. The lowest BCUT2D eigenvalue weighted by Crippen LogP contribution is -2.55. The van der Waals surface area contributed by atoms with Gasteiger partial charge in [-0.15, -0.1) is 11.8 Å². The Balaban J connectivity index is 1.26. The maximum absolute atomic E-state index is 13.3. The average molecular weight is 504 g/mol. The van der Waals surface area contributed by atoms with E-state index in [1.807, 2.05) is 65.6 Å². The number of hydrogen-bond donors (Lipinski definition) is 1. The van der Waals surface area contributed by atoms with E-state index in [1.165, 1.54) is 12.5 Å². The minimum absolute atomic E-state index is 0.0140. The molecular weight excluding hydrogens is 470 g/mol. The number of ether oxygens (including phenoxy) is 1. The van der Waals surface area contributed by atoms with Crippen LogP contribution in [0.1, 0.15) is 18.1 Å². The molecule has 1 heterocycles. The Labute approximate surface area is 217 Å². The third kappa shape index (κ3) is 7.86. The fraction of sp³-hybridized carbons (Fsp3) is 0.310. The zero-order valence-electron chi connectivity index (χ0n) is 20.6. The summed E-state index contributed by atoms with van der Waals surface area (Å²) in [6, 6.07) is 27.7. The summed E-state index contributed by atoms with van der Waals surface area (Å²) in [4.78, 5) is 30.3. The molecule has 188 valence electrons. The molecule has 1 fully saturated rings. The molecule has 1 saturated heterocycles. The first-order valence-corrected chi connectivity index (χ1v) is 13.3. The number of carbonyl (C=O) groups excluding carboxylic acids is 2. The van der Waals surface area contributed by atoms with Crippen molar-refractivity contribution in [3.05, 3.63) is 96.1 Å². The summed E-state index contributed by atoms with van der Waals surface area (Å²) in [5.74, 6) is 1.07. The largest absolute Gasteiger partial charge is 0.489 e. The summed E-state index contributed by atoms with van der Waals surface area (Å²) in [7, 11) is 0. The van der Waals surface area contributed by atoms with Crippen molar-refractivity contribution in [3.63, 3.8) is 0 Å². The highest BCUT2D eigenvalue weighted by Gasteiger charge is 2.28. The van der Waals surface area contributed by atoms with E-state index in [9.17, 15) is 9.59 Å². The molecule has 36 heavy (non-hydrogen) atoms. The molecule has 1 aliphatic rings. The Bertz CT molecular complexity index is 1100. The van der Waals surface area contributed by atoms with Crippen molar-refractivity contribution in [2.75, 3.05) is 31.9 Å². The van der Waals surface area contributed by atoms with Crippen LogP contribution in [0, 0.1) is 0 Å². The lowest BCUT2D eigenvalue weighted by molar-refractivity contribution is -0.137. The van der Waals surface area contributed by atoms with Crippen molar-refractivity contribution in [3.8, 4) is 5.75 Å². The van der Waals surface area contributed by atoms with Gasteiger partial charge in [0.2, 0.25) is 11.8 Å². The van der Waals surface area contributed by atoms with Crippen LogP contribution in [-0.2, 0) is 22.7 Å². The van der Waals surface area contributed by atoms with Gasteiger partial charge < -0.3 is 15.0 Å². The van der Waals surface area contributed by atoms with Gasteiger partial charge in [0, 0.05) is 50.3 Å². The number of nitrogens with zero attached hydrogens (tertiary/aromatic N) is 2. The first-order valence-electron chi connectivity index (χ1n) is 12.3. The number of thioether (sulfide) groups is 1. The molecular formula is C29H33N3O3S. The SMILES string of the molecule is CC(=O)NC(CSc1ccc(OCc2ccccc2)cc1)C(=O)N1CCN(Cc2ccccc2)CC1. The normalized spacial score (nSPS) is 14.8. The Morgan fingerprint density at radius 1 is 0.861 bits per heavy atom. The monoisotopic (exact) mass is 503 g/mol. The molecule has 2 amide bonds. The van der Waals surface area contributed by atoms with Gasteiger partial charge >= 0.3 is 0 Å². The number of nitrogens with one attached hydrogen (secondary N) is 1. The molecule has 0 spiro atoms. The van der Waals surface area contributed by atoms with Crippen molar-refractivity contribution in [2.24, 2.45) is 0 Å². The van der Waals surface area contributed by atoms with Crippen LogP contribution in [-0.4, -0.2) is 59.6 Å². The molecule has 1 unspecified atom stereocenters. The summed E-state index contributed by atoms with van der Waals surface area (Å²) >= 11 is 1.56. The second-order valence-electron chi connectivity index (χ2n) is 8.90. The second-order valence-corrected chi connectivity index (χ2v) is 9.99. The smallest absolute Gasteiger partial charge is 0.246 e. The van der Waals surface area contributed by atoms with Gasteiger partial charge in [0.25, 0.3) is 0 Å². The summed E-state index contributed by atoms with van der Waals surface area (Å²) in [6.07, 6.45) is 0. The first kappa shape index (κ1) is 25.8. The highest BCUT2D eigenvalue weighted by atomic mass is 32.2. The third-order valence-corrected chi connectivity index (χ3v) is 7.20. The Morgan fingerprint density at radius 2 is 1.47 bits per heavy atom. The Hall–Kier alpha value is -3.29. The van der Waals surface area contributed by atoms with Crippen LogP contribution in [0.15, 0.2) is 89.8 Å². The molecule has 0 radical (unpaired) electrons. The van der Waals surface area contributed by atoms with Crippen LogP contribution in [0.2, 0.25) is 0 Å². The maximum atomic E-state index is 13.3. The molecule has 4 rings (SSSR count). The van der Waals surface area contributed by atoms with Crippen LogP contribution in [0.25, 0.3) is 0 Å². The van der Waals surface area contributed by atoms with Crippen LogP contribution >= 0.6 is 11.8 Å². The quantitative estimate of drug-likeness (QED) is 0.420. The summed E-state index contributed by atoms with van der Waals surface area (Å²) in [6.45, 7) is 5.85. The van der Waals surface area contributed by atoms with Gasteiger partial charge in [0.1, 0.15) is 18.4 Å². The molecule has 3 aromatic carbocycles. The number of amides is 2. The fourth-order valence-electron chi connectivity index (χ4n) is 4.16. The van der Waals surface area contributed by atoms with E-state index in [0.717, 1.165) is 35.8 Å². The van der Waals surface area contributed by atoms with Gasteiger partial charge in [-0.25, -0.2) is 0 Å². The Morgan fingerprint density at radius 3 is 2.08 bits per heavy atom. The van der Waals surface area contributed by atoms with Gasteiger partial charge in [0.15, 0.2) is 0 Å². The van der Waals surface area contributed by atoms with E-state index >= 15 is 0 Å². The van der Waals surface area contributed by atoms with Crippen LogP contribution in [0.5, 0.6) is 5.75 Å². The van der Waals surface area contributed by atoms with Crippen molar-refractivity contribution in [1.29, 1.82) is 0 Å². The van der Waals surface area contributed by atoms with Gasteiger partial charge in [-0.05, 0) is 35.4 Å². The molecule has 0 saturated carbocycles. The summed E-state index contributed by atoms with van der Waals surface area (Å²) in [5.41, 5.74) is 2.40. The molecule has 1 aliphatic heterocycles. The molecule has 0 aromatic heterocycles. The molecule has 3 aromatic rings. The number of hydrogen-bond acceptors (Lipinski definition) is 5. The van der Waals surface area contributed by atoms with Crippen LogP contribution in [0.3, 0.4) is 0 Å². The Kier molecular flexibility index (Phi) is 9.41. The fourth-order valence-corrected chi connectivity index (χ4v) is 5.07. The minimum Gasteiger partial charge on any atom is -0.489 e. The van der Waals surface area contributed by atoms with E-state index < -0.39 is 6.04 Å². The summed E-state index contributed by atoms with van der Waals surface area (Å²) < 4.78 is 5.86. The standard InChI is InChI=1S/C29H33N3O3S/c1-23(33)30-28(29(34)32-18-16-31(17-19-32)20-24-8-4-2-5-9-24)22-36-27-14-12-26(13-15-27)35-21-25-10-6-3-7-11-25/h2-15,28H,16-22H2,1H3,(H,30,33). The van der Waals surface area contributed by atoms with Gasteiger partial charge in [-0.3, -0.25) is 14.5 Å². The molecule has 0 bridgehead atoms. The zero-order valence-corrected chi connectivity index (χ0v) is 21.5. The van der Waals surface area contributed by atoms with Gasteiger partial charge in [0.05, 0.1) is 0 Å². The predicted octanol–water partition coefficient (Wildman–Crippen LogP) is 4.21. The molecule has 6 nitrogen and oxygen atoms in total. The average Bonchev–Trinajstić information content (AvgIpc) is 2.91. The number of carbonyl (C=O) groups is 2. The van der Waals surface area contributed by atoms with E-state index in [0.29, 0.717) is 25.4 Å². The third-order valence-electron chi connectivity index (χ3n) is 6.10. The predicted molar refractivity (Wildman–Crippen MR) is 144 cm³/mol.